The number of amides is 3. The van der Waals surface area contributed by atoms with Crippen LogP contribution in [0.1, 0.15) is 23.2 Å². The first-order chi connectivity index (χ1) is 16.0. The molecule has 3 amide bonds. The molecule has 2 fully saturated rings. The second-order valence-electron chi connectivity index (χ2n) is 8.59. The lowest BCUT2D eigenvalue weighted by Gasteiger charge is -2.38. The van der Waals surface area contributed by atoms with E-state index < -0.39 is 0 Å². The van der Waals surface area contributed by atoms with Crippen molar-refractivity contribution < 1.29 is 14.4 Å². The van der Waals surface area contributed by atoms with Gasteiger partial charge in [0, 0.05) is 31.7 Å². The van der Waals surface area contributed by atoms with Crippen LogP contribution in [0.4, 0.5) is 11.4 Å². The third kappa shape index (κ3) is 4.09. The number of nitrogens with one attached hydrogen (secondary N) is 1. The highest BCUT2D eigenvalue weighted by Gasteiger charge is 2.42. The largest absolute Gasteiger partial charge is 0.367 e. The second-order valence-corrected chi connectivity index (χ2v) is 8.99. The topological polar surface area (TPSA) is 73.0 Å². The molecule has 3 aliphatic rings. The Morgan fingerprint density at radius 3 is 2.39 bits per heavy atom. The van der Waals surface area contributed by atoms with Crippen molar-refractivity contribution >= 4 is 40.7 Å². The van der Waals surface area contributed by atoms with Crippen molar-refractivity contribution in [2.75, 3.05) is 36.1 Å². The van der Waals surface area contributed by atoms with Gasteiger partial charge in [-0.05, 0) is 43.2 Å². The highest BCUT2D eigenvalue weighted by Crippen LogP contribution is 2.33. The van der Waals surface area contributed by atoms with Crippen LogP contribution in [0, 0.1) is 11.8 Å². The van der Waals surface area contributed by atoms with Gasteiger partial charge in [-0.1, -0.05) is 42.0 Å². The van der Waals surface area contributed by atoms with Gasteiger partial charge in [-0.3, -0.25) is 19.8 Å². The normalized spacial score (nSPS) is 22.8. The molecule has 33 heavy (non-hydrogen) atoms. The maximum atomic E-state index is 13.2. The standard InChI is InChI=1S/C25H25ClN4O3/c26-21-10-3-4-11-22(21)28-12-14-29(15-13-28)24(32)17-6-5-7-18(16-17)30-25(33)20-9-2-1-8-19(20)23(31)27-30/h1-7,10-11,16,19-20H,8-9,12-15H2,(H,27,31). The van der Waals surface area contributed by atoms with E-state index in [2.05, 4.69) is 10.3 Å². The Kier molecular flexibility index (Phi) is 5.81. The predicted octanol–water partition coefficient (Wildman–Crippen LogP) is 3.26. The van der Waals surface area contributed by atoms with Crippen molar-refractivity contribution in [1.29, 1.82) is 0 Å². The molecule has 0 aromatic heterocycles. The van der Waals surface area contributed by atoms with E-state index in [0.29, 0.717) is 55.3 Å². The minimum atomic E-state index is -0.360. The van der Waals surface area contributed by atoms with Crippen LogP contribution in [0.15, 0.2) is 60.7 Å². The summed E-state index contributed by atoms with van der Waals surface area (Å²) in [5.41, 5.74) is 4.69. The number of hydrazine groups is 1. The lowest BCUT2D eigenvalue weighted by molar-refractivity contribution is -0.139. The fourth-order valence-corrected chi connectivity index (χ4v) is 5.06. The zero-order valence-electron chi connectivity index (χ0n) is 18.1. The van der Waals surface area contributed by atoms with Gasteiger partial charge in [0.25, 0.3) is 5.91 Å². The van der Waals surface area contributed by atoms with Crippen molar-refractivity contribution in [3.63, 3.8) is 0 Å². The lowest BCUT2D eigenvalue weighted by Crippen LogP contribution is -2.59. The van der Waals surface area contributed by atoms with E-state index in [1.165, 1.54) is 5.01 Å². The maximum absolute atomic E-state index is 13.2. The summed E-state index contributed by atoms with van der Waals surface area (Å²) in [5, 5.41) is 2.00. The van der Waals surface area contributed by atoms with Gasteiger partial charge >= 0.3 is 0 Å². The molecule has 7 nitrogen and oxygen atoms in total. The molecule has 8 heteroatoms. The third-order valence-corrected chi connectivity index (χ3v) is 6.96. The molecule has 2 aromatic rings. The number of hydrogen-bond donors (Lipinski definition) is 1. The Morgan fingerprint density at radius 2 is 1.64 bits per heavy atom. The van der Waals surface area contributed by atoms with E-state index in [1.54, 1.807) is 24.3 Å². The minimum absolute atomic E-state index is 0.0927. The smallest absolute Gasteiger partial charge is 0.254 e. The molecule has 0 bridgehead atoms. The summed E-state index contributed by atoms with van der Waals surface area (Å²) in [5.74, 6) is -1.07. The summed E-state index contributed by atoms with van der Waals surface area (Å²) in [4.78, 5) is 42.8. The van der Waals surface area contributed by atoms with Gasteiger partial charge in [0.05, 0.1) is 28.2 Å². The molecule has 170 valence electrons. The van der Waals surface area contributed by atoms with Crippen LogP contribution < -0.4 is 15.3 Å². The number of allylic oxidation sites excluding steroid dienone is 2. The number of hydrogen-bond acceptors (Lipinski definition) is 4. The number of fused-ring (bicyclic) bond motifs is 1. The summed E-state index contributed by atoms with van der Waals surface area (Å²) in [7, 11) is 0. The Bertz CT molecular complexity index is 1130. The monoisotopic (exact) mass is 464 g/mol. The minimum Gasteiger partial charge on any atom is -0.367 e. The molecule has 2 saturated heterocycles. The number of nitrogens with zero attached hydrogens (tertiary/aromatic N) is 3. The molecule has 1 aliphatic carbocycles. The number of para-hydroxylation sites is 1. The fraction of sp³-hybridized carbons (Fsp3) is 0.320. The molecular formula is C25H25ClN4O3. The molecule has 1 N–H and O–H groups in total. The first-order valence-corrected chi connectivity index (χ1v) is 11.6. The van der Waals surface area contributed by atoms with E-state index in [4.69, 9.17) is 11.6 Å². The summed E-state index contributed by atoms with van der Waals surface area (Å²) in [6, 6.07) is 14.6. The molecule has 5 rings (SSSR count). The van der Waals surface area contributed by atoms with Crippen LogP contribution in [0.2, 0.25) is 5.02 Å². The van der Waals surface area contributed by atoms with Crippen molar-refractivity contribution in [1.82, 2.24) is 10.3 Å². The van der Waals surface area contributed by atoms with Crippen LogP contribution in [0.5, 0.6) is 0 Å². The van der Waals surface area contributed by atoms with Crippen LogP contribution in [-0.2, 0) is 9.59 Å². The highest BCUT2D eigenvalue weighted by atomic mass is 35.5. The zero-order chi connectivity index (χ0) is 22.9. The second kappa shape index (κ2) is 8.90. The number of carbonyl (C=O) groups is 3. The van der Waals surface area contributed by atoms with Crippen molar-refractivity contribution in [3.8, 4) is 0 Å². The fourth-order valence-electron chi connectivity index (χ4n) is 4.80. The third-order valence-electron chi connectivity index (χ3n) is 6.64. The molecule has 0 spiro atoms. The Morgan fingerprint density at radius 1 is 0.909 bits per heavy atom. The van der Waals surface area contributed by atoms with E-state index in [-0.39, 0.29) is 29.6 Å². The van der Waals surface area contributed by atoms with Crippen molar-refractivity contribution in [3.05, 3.63) is 71.3 Å². The Balaban J connectivity index is 1.29. The molecule has 2 unspecified atom stereocenters. The summed E-state index contributed by atoms with van der Waals surface area (Å²) in [6.45, 7) is 2.52. The SMILES string of the molecule is O=C1NN(c2cccc(C(=O)N3CCN(c4ccccc4Cl)CC3)c2)C(=O)C2CC=CCC12. The number of anilines is 2. The van der Waals surface area contributed by atoms with Crippen LogP contribution >= 0.6 is 11.6 Å². The van der Waals surface area contributed by atoms with E-state index in [1.807, 2.05) is 41.3 Å². The molecule has 2 atom stereocenters. The number of halogens is 1. The van der Waals surface area contributed by atoms with E-state index >= 15 is 0 Å². The first kappa shape index (κ1) is 21.5. The summed E-state index contributed by atoms with van der Waals surface area (Å²) < 4.78 is 0. The highest BCUT2D eigenvalue weighted by molar-refractivity contribution is 6.33. The number of carbonyl (C=O) groups excluding carboxylic acids is 3. The average Bonchev–Trinajstić information content (AvgIpc) is 2.86. The van der Waals surface area contributed by atoms with Gasteiger partial charge in [0.1, 0.15) is 0 Å². The van der Waals surface area contributed by atoms with Gasteiger partial charge in [-0.25, -0.2) is 5.01 Å². The van der Waals surface area contributed by atoms with Crippen molar-refractivity contribution in [2.45, 2.75) is 12.8 Å². The van der Waals surface area contributed by atoms with Crippen molar-refractivity contribution in [2.24, 2.45) is 11.8 Å². The van der Waals surface area contributed by atoms with Crippen LogP contribution in [0.3, 0.4) is 0 Å². The average molecular weight is 465 g/mol. The zero-order valence-corrected chi connectivity index (χ0v) is 18.9. The van der Waals surface area contributed by atoms with Gasteiger partial charge in [0.15, 0.2) is 0 Å². The van der Waals surface area contributed by atoms with Gasteiger partial charge in [-0.2, -0.15) is 0 Å². The lowest BCUT2D eigenvalue weighted by atomic mass is 9.80. The molecule has 2 aliphatic heterocycles. The van der Waals surface area contributed by atoms with Crippen LogP contribution in [0.25, 0.3) is 0 Å². The predicted molar refractivity (Wildman–Crippen MR) is 127 cm³/mol. The molecule has 2 heterocycles. The van der Waals surface area contributed by atoms with Gasteiger partial charge in [-0.15, -0.1) is 0 Å². The summed E-state index contributed by atoms with van der Waals surface area (Å²) in [6.07, 6.45) is 5.04. The molecule has 0 saturated carbocycles. The Labute approximate surface area is 197 Å². The van der Waals surface area contributed by atoms with Gasteiger partial charge in [0.2, 0.25) is 11.8 Å². The summed E-state index contributed by atoms with van der Waals surface area (Å²) >= 11 is 6.32. The molecular weight excluding hydrogens is 440 g/mol. The maximum Gasteiger partial charge on any atom is 0.254 e. The molecule has 2 aromatic carbocycles. The number of rotatable bonds is 3. The van der Waals surface area contributed by atoms with Gasteiger partial charge < -0.3 is 9.80 Å². The first-order valence-electron chi connectivity index (χ1n) is 11.2. The van der Waals surface area contributed by atoms with E-state index in [9.17, 15) is 14.4 Å². The molecule has 0 radical (unpaired) electrons. The quantitative estimate of drug-likeness (QED) is 0.708. The van der Waals surface area contributed by atoms with Crippen LogP contribution in [-0.4, -0.2) is 48.8 Å². The Hall–Kier alpha value is -3.32. The van der Waals surface area contributed by atoms with E-state index in [0.717, 1.165) is 5.69 Å². The number of benzene rings is 2. The number of piperazine rings is 1.